The molecule has 1 unspecified atom stereocenters. The molecular formula is C33H35N3O8. The molecule has 0 radical (unpaired) electrons. The van der Waals surface area contributed by atoms with Crippen molar-refractivity contribution in [2.75, 3.05) is 31.2 Å². The molecule has 3 heterocycles. The number of carbonyl (C=O) groups is 4. The molecule has 0 bridgehead atoms. The van der Waals surface area contributed by atoms with Crippen molar-refractivity contribution in [2.45, 2.75) is 57.1 Å². The van der Waals surface area contributed by atoms with E-state index < -0.39 is 18.0 Å². The molecule has 1 saturated carbocycles. The van der Waals surface area contributed by atoms with Gasteiger partial charge >= 0.3 is 11.9 Å². The second-order valence-electron chi connectivity index (χ2n) is 11.6. The van der Waals surface area contributed by atoms with Crippen LogP contribution in [0.2, 0.25) is 0 Å². The molecule has 1 aromatic heterocycles. The van der Waals surface area contributed by atoms with Gasteiger partial charge < -0.3 is 23.5 Å². The number of piperidine rings is 1. The summed E-state index contributed by atoms with van der Waals surface area (Å²) in [4.78, 5) is 57.6. The van der Waals surface area contributed by atoms with Gasteiger partial charge in [0, 0.05) is 12.2 Å². The molecule has 2 saturated heterocycles. The molecule has 230 valence electrons. The van der Waals surface area contributed by atoms with Crippen LogP contribution in [-0.4, -0.2) is 72.1 Å². The van der Waals surface area contributed by atoms with Gasteiger partial charge in [0.15, 0.2) is 6.39 Å². The number of aromatic nitrogens is 1. The number of cyclic esters (lactones) is 1. The van der Waals surface area contributed by atoms with Crippen molar-refractivity contribution in [2.24, 2.45) is 5.92 Å². The van der Waals surface area contributed by atoms with Gasteiger partial charge in [-0.2, -0.15) is 0 Å². The largest absolute Gasteiger partial charge is 0.491 e. The minimum atomic E-state index is -0.484. The molecule has 3 atom stereocenters. The summed E-state index contributed by atoms with van der Waals surface area (Å²) in [5.74, 6) is -0.482. The van der Waals surface area contributed by atoms with Crippen LogP contribution in [0.5, 0.6) is 5.75 Å². The fraction of sp³-hybridized carbons (Fsp3) is 0.424. The molecule has 3 aliphatic rings. The van der Waals surface area contributed by atoms with E-state index in [2.05, 4.69) is 17.1 Å². The molecule has 1 aliphatic carbocycles. The Kier molecular flexibility index (Phi) is 8.63. The van der Waals surface area contributed by atoms with E-state index in [1.807, 2.05) is 19.1 Å². The zero-order valence-electron chi connectivity index (χ0n) is 24.6. The first-order valence-electron chi connectivity index (χ1n) is 15.1. The number of hydrogen-bond donors (Lipinski definition) is 0. The fourth-order valence-corrected chi connectivity index (χ4v) is 5.70. The van der Waals surface area contributed by atoms with Gasteiger partial charge in [0.1, 0.15) is 25.1 Å². The van der Waals surface area contributed by atoms with E-state index in [1.165, 1.54) is 31.0 Å². The average molecular weight is 602 g/mol. The van der Waals surface area contributed by atoms with Crippen molar-refractivity contribution in [3.05, 3.63) is 78.0 Å². The molecule has 3 aromatic rings. The van der Waals surface area contributed by atoms with Crippen LogP contribution >= 0.6 is 0 Å². The Labute approximate surface area is 255 Å². The summed E-state index contributed by atoms with van der Waals surface area (Å²) in [7, 11) is 0. The maximum Gasteiger partial charge on any atom is 0.338 e. The Morgan fingerprint density at radius 3 is 2.50 bits per heavy atom. The number of amides is 2. The summed E-state index contributed by atoms with van der Waals surface area (Å²) in [6.07, 6.45) is 6.04. The Hall–Kier alpha value is -4.67. The molecule has 2 aliphatic heterocycles. The highest BCUT2D eigenvalue weighted by Crippen LogP contribution is 2.40. The lowest BCUT2D eigenvalue weighted by molar-refractivity contribution is -0.139. The first-order valence-corrected chi connectivity index (χ1v) is 15.1. The van der Waals surface area contributed by atoms with E-state index in [0.29, 0.717) is 43.2 Å². The van der Waals surface area contributed by atoms with Crippen molar-refractivity contribution in [3.8, 4) is 5.75 Å². The number of rotatable bonds is 10. The van der Waals surface area contributed by atoms with Crippen LogP contribution in [0, 0.1) is 5.92 Å². The maximum atomic E-state index is 13.4. The monoisotopic (exact) mass is 601 g/mol. The van der Waals surface area contributed by atoms with Crippen LogP contribution in [0.4, 0.5) is 5.69 Å². The first-order chi connectivity index (χ1) is 21.4. The number of nitrogens with zero attached hydrogens (tertiary/aromatic N) is 3. The number of benzene rings is 2. The zero-order chi connectivity index (χ0) is 30.6. The molecule has 0 N–H and O–H groups in total. The smallest absolute Gasteiger partial charge is 0.338 e. The van der Waals surface area contributed by atoms with Gasteiger partial charge in [-0.1, -0.05) is 12.1 Å². The summed E-state index contributed by atoms with van der Waals surface area (Å²) >= 11 is 0. The molecular weight excluding hydrogens is 566 g/mol. The minimum Gasteiger partial charge on any atom is -0.491 e. The Balaban J connectivity index is 1.04. The van der Waals surface area contributed by atoms with E-state index in [9.17, 15) is 19.2 Å². The van der Waals surface area contributed by atoms with Crippen molar-refractivity contribution in [1.82, 2.24) is 9.88 Å². The highest BCUT2D eigenvalue weighted by Gasteiger charge is 2.36. The summed E-state index contributed by atoms with van der Waals surface area (Å²) in [6.45, 7) is 3.05. The standard InChI is InChI=1S/C33H35N3O8/c1-21(36(32(39)29-16-34-20-43-29)26-10-6-23(7-11-26)22-4-5-22)18-41-27-12-8-24(9-13-27)33(40)44-28-3-2-14-35(17-28)31(38)25-15-30(37)42-19-25/h6-13,16,20-22,25,28H,2-5,14-15,17-19H2,1H3/t21?,25-,28+/m1/s1. The molecule has 6 rings (SSSR count). The summed E-state index contributed by atoms with van der Waals surface area (Å²) in [5, 5.41) is 0. The SMILES string of the molecule is CC(COc1ccc(C(=O)O[C@H]2CCCN(C(=O)[C@H]3COC(=O)C3)C2)cc1)N(C(=O)c1cnco1)c1ccc(C2CC2)cc1. The van der Waals surface area contributed by atoms with Gasteiger partial charge in [-0.3, -0.25) is 19.3 Å². The third-order valence-corrected chi connectivity index (χ3v) is 8.28. The van der Waals surface area contributed by atoms with Crippen LogP contribution in [0.15, 0.2) is 65.5 Å². The predicted molar refractivity (Wildman–Crippen MR) is 157 cm³/mol. The summed E-state index contributed by atoms with van der Waals surface area (Å²) in [6, 6.07) is 14.3. The van der Waals surface area contributed by atoms with Gasteiger partial charge in [0.05, 0.1) is 36.7 Å². The number of esters is 2. The lowest BCUT2D eigenvalue weighted by Crippen LogP contribution is -2.46. The predicted octanol–water partition coefficient (Wildman–Crippen LogP) is 4.38. The molecule has 3 fully saturated rings. The molecule has 11 nitrogen and oxygen atoms in total. The highest BCUT2D eigenvalue weighted by atomic mass is 16.5. The van der Waals surface area contributed by atoms with Crippen molar-refractivity contribution in [1.29, 1.82) is 0 Å². The van der Waals surface area contributed by atoms with E-state index in [4.69, 9.17) is 18.6 Å². The van der Waals surface area contributed by atoms with Crippen molar-refractivity contribution >= 4 is 29.4 Å². The Morgan fingerprint density at radius 2 is 1.84 bits per heavy atom. The second kappa shape index (κ2) is 12.9. The lowest BCUT2D eigenvalue weighted by atomic mass is 10.0. The number of likely N-dealkylation sites (tertiary alicyclic amines) is 1. The van der Waals surface area contributed by atoms with Gasteiger partial charge in [-0.15, -0.1) is 0 Å². The van der Waals surface area contributed by atoms with Gasteiger partial charge in [0.2, 0.25) is 11.7 Å². The van der Waals surface area contributed by atoms with Crippen molar-refractivity contribution in [3.63, 3.8) is 0 Å². The number of anilines is 1. The van der Waals surface area contributed by atoms with Crippen LogP contribution in [-0.2, 0) is 19.1 Å². The van der Waals surface area contributed by atoms with Gasteiger partial charge in [-0.25, -0.2) is 9.78 Å². The van der Waals surface area contributed by atoms with E-state index in [1.54, 1.807) is 34.1 Å². The topological polar surface area (TPSA) is 128 Å². The number of hydrogen-bond acceptors (Lipinski definition) is 9. The second-order valence-corrected chi connectivity index (χ2v) is 11.6. The van der Waals surface area contributed by atoms with Gasteiger partial charge in [0.25, 0.3) is 5.91 Å². The highest BCUT2D eigenvalue weighted by molar-refractivity contribution is 6.04. The van der Waals surface area contributed by atoms with E-state index >= 15 is 0 Å². The number of ether oxygens (including phenoxy) is 3. The minimum absolute atomic E-state index is 0.0935. The zero-order valence-corrected chi connectivity index (χ0v) is 24.6. The van der Waals surface area contributed by atoms with Crippen molar-refractivity contribution < 1.29 is 37.8 Å². The third-order valence-electron chi connectivity index (χ3n) is 8.28. The number of oxazole rings is 1. The molecule has 11 heteroatoms. The Morgan fingerprint density at radius 1 is 1.07 bits per heavy atom. The quantitative estimate of drug-likeness (QED) is 0.311. The van der Waals surface area contributed by atoms with E-state index in [-0.39, 0.29) is 49.2 Å². The van der Waals surface area contributed by atoms with Gasteiger partial charge in [-0.05, 0) is 80.5 Å². The Bertz CT molecular complexity index is 1480. The molecule has 2 amide bonds. The third kappa shape index (κ3) is 6.77. The van der Waals surface area contributed by atoms with Crippen LogP contribution in [0.1, 0.15) is 71.4 Å². The summed E-state index contributed by atoms with van der Waals surface area (Å²) < 4.78 is 22.0. The normalized spacial score (nSPS) is 20.5. The molecule has 2 aromatic carbocycles. The summed E-state index contributed by atoms with van der Waals surface area (Å²) in [5.41, 5.74) is 2.37. The van der Waals surface area contributed by atoms with Crippen LogP contribution in [0.25, 0.3) is 0 Å². The maximum absolute atomic E-state index is 13.4. The average Bonchev–Trinajstić information content (AvgIpc) is 3.55. The number of carbonyl (C=O) groups excluding carboxylic acids is 4. The fourth-order valence-electron chi connectivity index (χ4n) is 5.70. The molecule has 0 spiro atoms. The first kappa shape index (κ1) is 29.4. The van der Waals surface area contributed by atoms with Crippen LogP contribution in [0.3, 0.4) is 0 Å². The van der Waals surface area contributed by atoms with Crippen LogP contribution < -0.4 is 9.64 Å². The lowest BCUT2D eigenvalue weighted by Gasteiger charge is -2.33. The molecule has 44 heavy (non-hydrogen) atoms. The van der Waals surface area contributed by atoms with E-state index in [0.717, 1.165) is 5.69 Å².